The second-order valence-corrected chi connectivity index (χ2v) is 6.03. The van der Waals surface area contributed by atoms with Crippen molar-refractivity contribution >= 4 is 17.3 Å². The number of hydrogen-bond donors (Lipinski definition) is 3. The van der Waals surface area contributed by atoms with E-state index >= 15 is 0 Å². The van der Waals surface area contributed by atoms with Crippen molar-refractivity contribution in [3.63, 3.8) is 0 Å². The Morgan fingerprint density at radius 2 is 2.09 bits per heavy atom. The Bertz CT molecular complexity index is 704. The van der Waals surface area contributed by atoms with Crippen LogP contribution in [-0.4, -0.2) is 31.9 Å². The summed E-state index contributed by atoms with van der Waals surface area (Å²) in [6, 6.07) is 2.14. The van der Waals surface area contributed by atoms with Crippen LogP contribution >= 0.6 is 0 Å². The maximum atomic E-state index is 11.3. The number of nitrogens with two attached hydrogens (primary N) is 1. The summed E-state index contributed by atoms with van der Waals surface area (Å²) in [5.41, 5.74) is 8.24. The van der Waals surface area contributed by atoms with Crippen molar-refractivity contribution in [2.45, 2.75) is 44.7 Å². The number of aryl methyl sites for hydroxylation is 1. The molecule has 1 saturated carbocycles. The molecule has 3 rings (SSSR count). The molecule has 2 heterocycles. The highest BCUT2D eigenvalue weighted by molar-refractivity contribution is 5.94. The van der Waals surface area contributed by atoms with Crippen molar-refractivity contribution < 1.29 is 9.90 Å². The zero-order valence-corrected chi connectivity index (χ0v) is 13.1. The molecule has 1 fully saturated rings. The van der Waals surface area contributed by atoms with Crippen molar-refractivity contribution in [2.75, 3.05) is 5.32 Å². The molecule has 0 spiro atoms. The molecule has 23 heavy (non-hydrogen) atoms. The highest BCUT2D eigenvalue weighted by Crippen LogP contribution is 2.30. The van der Waals surface area contributed by atoms with Crippen molar-refractivity contribution in [1.82, 2.24) is 14.8 Å². The number of pyridine rings is 1. The van der Waals surface area contributed by atoms with E-state index in [2.05, 4.69) is 15.4 Å². The Kier molecular flexibility index (Phi) is 4.29. The first-order valence-electron chi connectivity index (χ1n) is 7.80. The lowest BCUT2D eigenvalue weighted by atomic mass is 9.92. The Morgan fingerprint density at radius 1 is 1.35 bits per heavy atom. The predicted molar refractivity (Wildman–Crippen MR) is 86.9 cm³/mol. The second kappa shape index (κ2) is 6.37. The molecule has 2 aromatic rings. The molecule has 2 aromatic heterocycles. The van der Waals surface area contributed by atoms with Crippen LogP contribution in [0.4, 0.5) is 11.4 Å². The first-order chi connectivity index (χ1) is 11.0. The summed E-state index contributed by atoms with van der Waals surface area (Å²) in [7, 11) is 0. The molecule has 7 heteroatoms. The molecule has 7 nitrogen and oxygen atoms in total. The van der Waals surface area contributed by atoms with Crippen LogP contribution in [0.25, 0.3) is 0 Å². The van der Waals surface area contributed by atoms with Crippen molar-refractivity contribution in [2.24, 2.45) is 5.73 Å². The minimum Gasteiger partial charge on any atom is -0.478 e. The fourth-order valence-corrected chi connectivity index (χ4v) is 2.98. The number of nitrogens with zero attached hydrogens (tertiary/aromatic N) is 3. The number of aromatic carboxylic acids is 1. The molecule has 0 saturated heterocycles. The van der Waals surface area contributed by atoms with Crippen LogP contribution in [-0.2, 0) is 0 Å². The monoisotopic (exact) mass is 315 g/mol. The molecule has 0 aliphatic heterocycles. The van der Waals surface area contributed by atoms with Crippen molar-refractivity contribution in [1.29, 1.82) is 0 Å². The molecule has 0 bridgehead atoms. The molecular formula is C16H21N5O2. The van der Waals surface area contributed by atoms with E-state index in [9.17, 15) is 9.90 Å². The lowest BCUT2D eigenvalue weighted by Crippen LogP contribution is -2.28. The third-order valence-corrected chi connectivity index (χ3v) is 4.35. The van der Waals surface area contributed by atoms with E-state index in [1.54, 1.807) is 0 Å². The van der Waals surface area contributed by atoms with Crippen LogP contribution in [0.15, 0.2) is 24.7 Å². The number of anilines is 2. The van der Waals surface area contributed by atoms with Gasteiger partial charge in [0.1, 0.15) is 0 Å². The van der Waals surface area contributed by atoms with Gasteiger partial charge in [0.2, 0.25) is 0 Å². The lowest BCUT2D eigenvalue weighted by molar-refractivity contribution is 0.0698. The number of carbonyl (C=O) groups is 1. The van der Waals surface area contributed by atoms with Gasteiger partial charge in [-0.3, -0.25) is 9.67 Å². The first kappa shape index (κ1) is 15.5. The summed E-state index contributed by atoms with van der Waals surface area (Å²) < 4.78 is 1.97. The fraction of sp³-hybridized carbons (Fsp3) is 0.438. The van der Waals surface area contributed by atoms with E-state index in [1.807, 2.05) is 17.8 Å². The van der Waals surface area contributed by atoms with Crippen LogP contribution in [0.1, 0.15) is 47.8 Å². The summed E-state index contributed by atoms with van der Waals surface area (Å²) in [6.07, 6.45) is 8.99. The lowest BCUT2D eigenvalue weighted by Gasteiger charge is -2.26. The average molecular weight is 315 g/mol. The normalized spacial score (nSPS) is 21.1. The van der Waals surface area contributed by atoms with Gasteiger partial charge in [-0.25, -0.2) is 4.79 Å². The fourth-order valence-electron chi connectivity index (χ4n) is 2.98. The zero-order chi connectivity index (χ0) is 16.4. The molecule has 0 amide bonds. The van der Waals surface area contributed by atoms with E-state index in [4.69, 9.17) is 5.73 Å². The number of nitrogens with one attached hydrogen (secondary N) is 1. The Balaban J connectivity index is 1.81. The largest absolute Gasteiger partial charge is 0.478 e. The SMILES string of the molecule is Cc1nn(C2CCC(N)CC2)cc1Nc1cnccc1C(=O)O. The molecule has 122 valence electrons. The van der Waals surface area contributed by atoms with E-state index in [0.29, 0.717) is 17.8 Å². The Hall–Kier alpha value is -2.41. The van der Waals surface area contributed by atoms with Gasteiger partial charge in [0.25, 0.3) is 0 Å². The summed E-state index contributed by atoms with van der Waals surface area (Å²) >= 11 is 0. The van der Waals surface area contributed by atoms with Crippen molar-refractivity contribution in [3.05, 3.63) is 35.9 Å². The van der Waals surface area contributed by atoms with Gasteiger partial charge in [-0.2, -0.15) is 5.10 Å². The quantitative estimate of drug-likeness (QED) is 0.800. The number of carboxylic acid groups (broad SMARTS) is 1. The number of carboxylic acids is 1. The molecule has 4 N–H and O–H groups in total. The standard InChI is InChI=1S/C16H21N5O2/c1-10-15(19-14-8-18-7-6-13(14)16(22)23)9-21(20-10)12-4-2-11(17)3-5-12/h6-9,11-12,19H,2-5,17H2,1H3,(H,22,23). The zero-order valence-electron chi connectivity index (χ0n) is 13.1. The van der Waals surface area contributed by atoms with Gasteiger partial charge in [0.05, 0.1) is 34.9 Å². The van der Waals surface area contributed by atoms with Crippen molar-refractivity contribution in [3.8, 4) is 0 Å². The average Bonchev–Trinajstić information content (AvgIpc) is 2.89. The molecule has 0 radical (unpaired) electrons. The molecule has 1 aliphatic rings. The van der Waals surface area contributed by atoms with E-state index in [1.165, 1.54) is 18.5 Å². The molecule has 0 atom stereocenters. The van der Waals surface area contributed by atoms with Gasteiger partial charge in [-0.1, -0.05) is 0 Å². The molecular weight excluding hydrogens is 294 g/mol. The molecule has 1 aliphatic carbocycles. The summed E-state index contributed by atoms with van der Waals surface area (Å²) in [6.45, 7) is 1.91. The smallest absolute Gasteiger partial charge is 0.337 e. The minimum absolute atomic E-state index is 0.191. The van der Waals surface area contributed by atoms with Crippen LogP contribution in [0, 0.1) is 6.92 Å². The van der Waals surface area contributed by atoms with Crippen LogP contribution in [0.3, 0.4) is 0 Å². The highest BCUT2D eigenvalue weighted by Gasteiger charge is 2.21. The molecule has 0 aromatic carbocycles. The second-order valence-electron chi connectivity index (χ2n) is 6.03. The van der Waals surface area contributed by atoms with Gasteiger partial charge >= 0.3 is 5.97 Å². The van der Waals surface area contributed by atoms with Gasteiger partial charge in [-0.15, -0.1) is 0 Å². The van der Waals surface area contributed by atoms with E-state index in [-0.39, 0.29) is 5.56 Å². The van der Waals surface area contributed by atoms with E-state index < -0.39 is 5.97 Å². The van der Waals surface area contributed by atoms with Crippen LogP contribution < -0.4 is 11.1 Å². The summed E-state index contributed by atoms with van der Waals surface area (Å²) in [5.74, 6) is -0.985. The number of rotatable bonds is 4. The Labute approximate surface area is 134 Å². The summed E-state index contributed by atoms with van der Waals surface area (Å²) in [5, 5.41) is 17.0. The van der Waals surface area contributed by atoms with Gasteiger partial charge in [0, 0.05) is 18.4 Å². The van der Waals surface area contributed by atoms with Gasteiger partial charge < -0.3 is 16.2 Å². The first-order valence-corrected chi connectivity index (χ1v) is 7.80. The van der Waals surface area contributed by atoms with Crippen LogP contribution in [0.5, 0.6) is 0 Å². The Morgan fingerprint density at radius 3 is 2.78 bits per heavy atom. The minimum atomic E-state index is -0.985. The topological polar surface area (TPSA) is 106 Å². The number of aromatic nitrogens is 3. The predicted octanol–water partition coefficient (Wildman–Crippen LogP) is 2.47. The van der Waals surface area contributed by atoms with Crippen LogP contribution in [0.2, 0.25) is 0 Å². The maximum absolute atomic E-state index is 11.3. The highest BCUT2D eigenvalue weighted by atomic mass is 16.4. The number of hydrogen-bond acceptors (Lipinski definition) is 5. The van der Waals surface area contributed by atoms with E-state index in [0.717, 1.165) is 37.1 Å². The maximum Gasteiger partial charge on any atom is 0.337 e. The van der Waals surface area contributed by atoms with Gasteiger partial charge in [0.15, 0.2) is 0 Å². The third-order valence-electron chi connectivity index (χ3n) is 4.35. The van der Waals surface area contributed by atoms with Gasteiger partial charge in [-0.05, 0) is 38.7 Å². The third kappa shape index (κ3) is 3.34. The molecule has 0 unspecified atom stereocenters. The summed E-state index contributed by atoms with van der Waals surface area (Å²) in [4.78, 5) is 15.3.